The number of anilines is 1. The standard InChI is InChI=1S/C27H29N3O4/c1-17-9-10-23(13-18(17)2)33-16-24-11-12-25(34-24)27(31)28-26-19(3)29-30(20(26)4)15-21-7-6-8-22(14-21)32-5/h6-14H,15-16H2,1-5H3,(H,28,31). The van der Waals surface area contributed by atoms with Crippen LogP contribution < -0.4 is 14.8 Å². The summed E-state index contributed by atoms with van der Waals surface area (Å²) in [5.74, 6) is 2.02. The van der Waals surface area contributed by atoms with E-state index < -0.39 is 0 Å². The second kappa shape index (κ2) is 9.87. The molecule has 0 bridgehead atoms. The number of rotatable bonds is 8. The highest BCUT2D eigenvalue weighted by Crippen LogP contribution is 2.23. The fraction of sp³-hybridized carbons (Fsp3) is 0.259. The van der Waals surface area contributed by atoms with E-state index >= 15 is 0 Å². The van der Waals surface area contributed by atoms with Crippen molar-refractivity contribution in [2.75, 3.05) is 12.4 Å². The Morgan fingerprint density at radius 3 is 2.59 bits per heavy atom. The number of carbonyl (C=O) groups excluding carboxylic acids is 1. The van der Waals surface area contributed by atoms with Gasteiger partial charge in [0.25, 0.3) is 5.91 Å². The van der Waals surface area contributed by atoms with Gasteiger partial charge in [0.2, 0.25) is 0 Å². The minimum absolute atomic E-state index is 0.220. The zero-order valence-electron chi connectivity index (χ0n) is 20.1. The first-order valence-corrected chi connectivity index (χ1v) is 11.1. The number of hydrogen-bond donors (Lipinski definition) is 1. The predicted octanol–water partition coefficient (Wildman–Crippen LogP) is 5.60. The summed E-state index contributed by atoms with van der Waals surface area (Å²) in [6.45, 7) is 8.71. The number of nitrogens with zero attached hydrogens (tertiary/aromatic N) is 2. The number of aryl methyl sites for hydroxylation is 3. The lowest BCUT2D eigenvalue weighted by Gasteiger charge is -2.08. The summed E-state index contributed by atoms with van der Waals surface area (Å²) >= 11 is 0. The molecule has 0 spiro atoms. The van der Waals surface area contributed by atoms with Gasteiger partial charge < -0.3 is 19.2 Å². The van der Waals surface area contributed by atoms with Crippen LogP contribution in [0.1, 0.15) is 44.4 Å². The third-order valence-electron chi connectivity index (χ3n) is 5.83. The number of carbonyl (C=O) groups is 1. The zero-order chi connectivity index (χ0) is 24.2. The molecule has 0 unspecified atom stereocenters. The van der Waals surface area contributed by atoms with Gasteiger partial charge in [0, 0.05) is 0 Å². The molecule has 1 N–H and O–H groups in total. The lowest BCUT2D eigenvalue weighted by atomic mass is 10.1. The van der Waals surface area contributed by atoms with Gasteiger partial charge in [-0.1, -0.05) is 18.2 Å². The Kier molecular flexibility index (Phi) is 6.72. The van der Waals surface area contributed by atoms with Crippen molar-refractivity contribution in [3.05, 3.63) is 94.2 Å². The number of hydrogen-bond acceptors (Lipinski definition) is 5. The molecular formula is C27H29N3O4. The predicted molar refractivity (Wildman–Crippen MR) is 131 cm³/mol. The van der Waals surface area contributed by atoms with Gasteiger partial charge in [0.15, 0.2) is 5.76 Å². The molecule has 34 heavy (non-hydrogen) atoms. The Morgan fingerprint density at radius 1 is 1.00 bits per heavy atom. The average molecular weight is 460 g/mol. The molecule has 0 aliphatic rings. The van der Waals surface area contributed by atoms with Gasteiger partial charge in [0.1, 0.15) is 23.9 Å². The number of ether oxygens (including phenoxy) is 2. The first kappa shape index (κ1) is 23.2. The number of aromatic nitrogens is 2. The van der Waals surface area contributed by atoms with Crippen LogP contribution in [0.5, 0.6) is 11.5 Å². The van der Waals surface area contributed by atoms with Gasteiger partial charge in [0.05, 0.1) is 30.7 Å². The number of benzene rings is 2. The number of nitrogens with one attached hydrogen (secondary N) is 1. The van der Waals surface area contributed by atoms with E-state index in [9.17, 15) is 4.79 Å². The van der Waals surface area contributed by atoms with Crippen molar-refractivity contribution in [2.45, 2.75) is 40.8 Å². The fourth-order valence-corrected chi connectivity index (χ4v) is 3.69. The molecule has 0 aliphatic heterocycles. The summed E-state index contributed by atoms with van der Waals surface area (Å²) in [7, 11) is 1.64. The molecule has 2 aromatic carbocycles. The number of methoxy groups -OCH3 is 1. The highest BCUT2D eigenvalue weighted by atomic mass is 16.5. The molecule has 0 fully saturated rings. The van der Waals surface area contributed by atoms with Gasteiger partial charge in [-0.25, -0.2) is 0 Å². The monoisotopic (exact) mass is 459 g/mol. The number of amides is 1. The van der Waals surface area contributed by atoms with Crippen LogP contribution in [0.3, 0.4) is 0 Å². The van der Waals surface area contributed by atoms with Crippen LogP contribution in [0.2, 0.25) is 0 Å². The van der Waals surface area contributed by atoms with Crippen LogP contribution >= 0.6 is 0 Å². The minimum atomic E-state index is -0.329. The van der Waals surface area contributed by atoms with Crippen molar-refractivity contribution < 1.29 is 18.7 Å². The van der Waals surface area contributed by atoms with E-state index in [0.29, 0.717) is 18.0 Å². The van der Waals surface area contributed by atoms with Crippen molar-refractivity contribution in [3.8, 4) is 11.5 Å². The molecule has 0 saturated heterocycles. The molecule has 0 aliphatic carbocycles. The average Bonchev–Trinajstić information content (AvgIpc) is 3.40. The van der Waals surface area contributed by atoms with E-state index in [4.69, 9.17) is 13.9 Å². The van der Waals surface area contributed by atoms with Crippen molar-refractivity contribution in [1.29, 1.82) is 0 Å². The lowest BCUT2D eigenvalue weighted by Crippen LogP contribution is -2.12. The van der Waals surface area contributed by atoms with Crippen LogP contribution in [0.15, 0.2) is 59.0 Å². The molecule has 2 aromatic heterocycles. The van der Waals surface area contributed by atoms with Crippen LogP contribution in [-0.4, -0.2) is 22.8 Å². The highest BCUT2D eigenvalue weighted by molar-refractivity contribution is 6.02. The second-order valence-corrected chi connectivity index (χ2v) is 8.31. The van der Waals surface area contributed by atoms with Crippen molar-refractivity contribution >= 4 is 11.6 Å². The summed E-state index contributed by atoms with van der Waals surface area (Å²) in [4.78, 5) is 12.8. The molecule has 0 radical (unpaired) electrons. The summed E-state index contributed by atoms with van der Waals surface area (Å²) < 4.78 is 18.7. The summed E-state index contributed by atoms with van der Waals surface area (Å²) in [6.07, 6.45) is 0. The summed E-state index contributed by atoms with van der Waals surface area (Å²) in [6, 6.07) is 17.2. The van der Waals surface area contributed by atoms with E-state index in [1.54, 1.807) is 19.2 Å². The van der Waals surface area contributed by atoms with E-state index in [1.807, 2.05) is 67.9 Å². The van der Waals surface area contributed by atoms with Crippen molar-refractivity contribution in [2.24, 2.45) is 0 Å². The van der Waals surface area contributed by atoms with Crippen LogP contribution in [0.25, 0.3) is 0 Å². The van der Waals surface area contributed by atoms with Crippen LogP contribution in [0, 0.1) is 27.7 Å². The number of furan rings is 1. The quantitative estimate of drug-likeness (QED) is 0.371. The maximum absolute atomic E-state index is 12.8. The van der Waals surface area contributed by atoms with Crippen LogP contribution in [-0.2, 0) is 13.2 Å². The molecule has 7 nitrogen and oxygen atoms in total. The van der Waals surface area contributed by atoms with Crippen LogP contribution in [0.4, 0.5) is 5.69 Å². The molecule has 4 aromatic rings. The SMILES string of the molecule is COc1cccc(Cn2nc(C)c(NC(=O)c3ccc(COc4ccc(C)c(C)c4)o3)c2C)c1. The molecule has 0 atom stereocenters. The third kappa shape index (κ3) is 5.14. The molecule has 0 saturated carbocycles. The van der Waals surface area contributed by atoms with Crippen molar-refractivity contribution in [3.63, 3.8) is 0 Å². The molecule has 7 heteroatoms. The van der Waals surface area contributed by atoms with Gasteiger partial charge >= 0.3 is 0 Å². The second-order valence-electron chi connectivity index (χ2n) is 8.31. The largest absolute Gasteiger partial charge is 0.497 e. The smallest absolute Gasteiger partial charge is 0.291 e. The normalized spacial score (nSPS) is 10.9. The Balaban J connectivity index is 1.41. The molecule has 176 valence electrons. The minimum Gasteiger partial charge on any atom is -0.497 e. The fourth-order valence-electron chi connectivity index (χ4n) is 3.69. The Bertz CT molecular complexity index is 1320. The summed E-state index contributed by atoms with van der Waals surface area (Å²) in [5.41, 5.74) is 5.70. The molecule has 2 heterocycles. The first-order chi connectivity index (χ1) is 16.3. The molecule has 4 rings (SSSR count). The Morgan fingerprint density at radius 2 is 1.82 bits per heavy atom. The van der Waals surface area contributed by atoms with E-state index in [1.165, 1.54) is 5.56 Å². The highest BCUT2D eigenvalue weighted by Gasteiger charge is 2.18. The third-order valence-corrected chi connectivity index (χ3v) is 5.83. The van der Waals surface area contributed by atoms with Gasteiger partial charge in [-0.3, -0.25) is 9.48 Å². The maximum Gasteiger partial charge on any atom is 0.291 e. The lowest BCUT2D eigenvalue weighted by molar-refractivity contribution is 0.0992. The Hall–Kier alpha value is -4.00. The molecular weight excluding hydrogens is 430 g/mol. The van der Waals surface area contributed by atoms with E-state index in [0.717, 1.165) is 34.0 Å². The summed E-state index contributed by atoms with van der Waals surface area (Å²) in [5, 5.41) is 7.54. The maximum atomic E-state index is 12.8. The van der Waals surface area contributed by atoms with Gasteiger partial charge in [-0.15, -0.1) is 0 Å². The first-order valence-electron chi connectivity index (χ1n) is 11.1. The zero-order valence-corrected chi connectivity index (χ0v) is 20.1. The van der Waals surface area contributed by atoms with Gasteiger partial charge in [-0.2, -0.15) is 5.10 Å². The van der Waals surface area contributed by atoms with E-state index in [-0.39, 0.29) is 18.3 Å². The van der Waals surface area contributed by atoms with Crippen molar-refractivity contribution in [1.82, 2.24) is 9.78 Å². The topological polar surface area (TPSA) is 78.5 Å². The Labute approximate surface area is 199 Å². The van der Waals surface area contributed by atoms with Gasteiger partial charge in [-0.05, 0) is 80.8 Å². The molecule has 1 amide bonds. The van der Waals surface area contributed by atoms with E-state index in [2.05, 4.69) is 17.3 Å².